The van der Waals surface area contributed by atoms with Crippen molar-refractivity contribution in [1.82, 2.24) is 14.9 Å². The van der Waals surface area contributed by atoms with Crippen molar-refractivity contribution >= 4 is 39.2 Å². The highest BCUT2D eigenvalue weighted by Gasteiger charge is 2.19. The molecule has 4 aromatic rings. The molecular weight excluding hydrogens is 414 g/mol. The Morgan fingerprint density at radius 3 is 2.60 bits per heavy atom. The lowest BCUT2D eigenvalue weighted by atomic mass is 10.1. The molecule has 5 nitrogen and oxygen atoms in total. The van der Waals surface area contributed by atoms with Gasteiger partial charge in [0.05, 0.1) is 11.1 Å². The molecule has 4 rings (SSSR count). The highest BCUT2D eigenvalue weighted by molar-refractivity contribution is 7.99. The van der Waals surface area contributed by atoms with Gasteiger partial charge < -0.3 is 5.32 Å². The number of benzene rings is 2. The molecule has 0 unspecified atom stereocenters. The first-order valence-electron chi connectivity index (χ1n) is 9.59. The van der Waals surface area contributed by atoms with E-state index >= 15 is 0 Å². The SMILES string of the molecule is CC(=O)NCCSc1nc2scc(-c3ccccc3)c2c(=O)n1-c1ccccc1C. The number of thioether (sulfide) groups is 1. The second-order valence-electron chi connectivity index (χ2n) is 6.85. The largest absolute Gasteiger partial charge is 0.356 e. The summed E-state index contributed by atoms with van der Waals surface area (Å²) in [6, 6.07) is 17.7. The number of hydrogen-bond donors (Lipinski definition) is 1. The van der Waals surface area contributed by atoms with E-state index in [0.717, 1.165) is 27.2 Å². The molecule has 0 saturated heterocycles. The lowest BCUT2D eigenvalue weighted by molar-refractivity contribution is -0.118. The van der Waals surface area contributed by atoms with Crippen LogP contribution in [0.25, 0.3) is 27.0 Å². The first-order valence-corrected chi connectivity index (χ1v) is 11.5. The second kappa shape index (κ2) is 8.85. The topological polar surface area (TPSA) is 64.0 Å². The van der Waals surface area contributed by atoms with Crippen molar-refractivity contribution in [3.05, 3.63) is 75.9 Å². The number of fused-ring (bicyclic) bond motifs is 1. The predicted molar refractivity (Wildman–Crippen MR) is 125 cm³/mol. The smallest absolute Gasteiger partial charge is 0.268 e. The number of rotatable bonds is 6. The maximum Gasteiger partial charge on any atom is 0.268 e. The monoisotopic (exact) mass is 435 g/mol. The zero-order chi connectivity index (χ0) is 21.1. The van der Waals surface area contributed by atoms with E-state index in [1.807, 2.05) is 66.9 Å². The van der Waals surface area contributed by atoms with E-state index in [-0.39, 0.29) is 11.5 Å². The first-order chi connectivity index (χ1) is 14.6. The van der Waals surface area contributed by atoms with Crippen LogP contribution in [0.2, 0.25) is 0 Å². The van der Waals surface area contributed by atoms with E-state index < -0.39 is 0 Å². The molecule has 2 aromatic heterocycles. The van der Waals surface area contributed by atoms with E-state index in [0.29, 0.717) is 22.8 Å². The van der Waals surface area contributed by atoms with Gasteiger partial charge in [-0.25, -0.2) is 4.98 Å². The molecule has 152 valence electrons. The van der Waals surface area contributed by atoms with Gasteiger partial charge in [-0.05, 0) is 24.1 Å². The molecule has 0 aliphatic heterocycles. The number of para-hydroxylation sites is 1. The fourth-order valence-electron chi connectivity index (χ4n) is 3.30. The van der Waals surface area contributed by atoms with Gasteiger partial charge in [0, 0.05) is 30.2 Å². The highest BCUT2D eigenvalue weighted by atomic mass is 32.2. The Morgan fingerprint density at radius 2 is 1.87 bits per heavy atom. The van der Waals surface area contributed by atoms with Crippen LogP contribution in [0.5, 0.6) is 0 Å². The quantitative estimate of drug-likeness (QED) is 0.272. The van der Waals surface area contributed by atoms with Crippen LogP contribution in [0, 0.1) is 6.92 Å². The number of carbonyl (C=O) groups is 1. The Labute approximate surface area is 182 Å². The average Bonchev–Trinajstić information content (AvgIpc) is 3.17. The fraction of sp³-hybridized carbons (Fsp3) is 0.174. The first kappa shape index (κ1) is 20.4. The summed E-state index contributed by atoms with van der Waals surface area (Å²) >= 11 is 2.95. The standard InChI is InChI=1S/C23H21N3O2S2/c1-15-8-6-7-11-19(15)26-22(28)20-18(17-9-4-3-5-10-17)14-30-21(20)25-23(26)29-13-12-24-16(2)27/h3-11,14H,12-13H2,1-2H3,(H,24,27). The summed E-state index contributed by atoms with van der Waals surface area (Å²) < 4.78 is 1.70. The van der Waals surface area contributed by atoms with Crippen LogP contribution in [-0.4, -0.2) is 27.8 Å². The van der Waals surface area contributed by atoms with Gasteiger partial charge in [0.1, 0.15) is 4.83 Å². The Morgan fingerprint density at radius 1 is 1.13 bits per heavy atom. The fourth-order valence-corrected chi connectivity index (χ4v) is 5.14. The molecule has 0 radical (unpaired) electrons. The van der Waals surface area contributed by atoms with Crippen molar-refractivity contribution in [3.63, 3.8) is 0 Å². The molecule has 0 spiro atoms. The summed E-state index contributed by atoms with van der Waals surface area (Å²) in [6.07, 6.45) is 0. The number of aromatic nitrogens is 2. The number of thiophene rings is 1. The molecule has 1 amide bonds. The van der Waals surface area contributed by atoms with Gasteiger partial charge in [0.2, 0.25) is 5.91 Å². The van der Waals surface area contributed by atoms with Gasteiger partial charge in [-0.1, -0.05) is 60.3 Å². The van der Waals surface area contributed by atoms with E-state index in [2.05, 4.69) is 5.32 Å². The minimum Gasteiger partial charge on any atom is -0.356 e. The number of amides is 1. The molecule has 2 heterocycles. The Kier molecular flexibility index (Phi) is 6.01. The van der Waals surface area contributed by atoms with E-state index in [1.165, 1.54) is 30.0 Å². The van der Waals surface area contributed by atoms with E-state index in [4.69, 9.17) is 4.98 Å². The second-order valence-corrected chi connectivity index (χ2v) is 8.77. The van der Waals surface area contributed by atoms with Crippen molar-refractivity contribution in [2.45, 2.75) is 19.0 Å². The van der Waals surface area contributed by atoms with Crippen LogP contribution >= 0.6 is 23.1 Å². The van der Waals surface area contributed by atoms with Crippen LogP contribution in [0.4, 0.5) is 0 Å². The zero-order valence-electron chi connectivity index (χ0n) is 16.7. The van der Waals surface area contributed by atoms with Gasteiger partial charge in [-0.3, -0.25) is 14.2 Å². The van der Waals surface area contributed by atoms with Gasteiger partial charge in [-0.15, -0.1) is 11.3 Å². The van der Waals surface area contributed by atoms with E-state index in [9.17, 15) is 9.59 Å². The summed E-state index contributed by atoms with van der Waals surface area (Å²) in [7, 11) is 0. The third-order valence-corrected chi connectivity index (χ3v) is 6.54. The van der Waals surface area contributed by atoms with E-state index in [1.54, 1.807) is 4.57 Å². The molecule has 0 aliphatic rings. The minimum atomic E-state index is -0.0727. The molecule has 30 heavy (non-hydrogen) atoms. The third-order valence-electron chi connectivity index (χ3n) is 4.73. The van der Waals surface area contributed by atoms with Crippen molar-refractivity contribution in [2.24, 2.45) is 0 Å². The van der Waals surface area contributed by atoms with Gasteiger partial charge >= 0.3 is 0 Å². The minimum absolute atomic E-state index is 0.0685. The van der Waals surface area contributed by atoms with Crippen LogP contribution in [0.15, 0.2) is 69.9 Å². The highest BCUT2D eigenvalue weighted by Crippen LogP contribution is 2.33. The molecular formula is C23H21N3O2S2. The molecule has 0 fully saturated rings. The van der Waals surface area contributed by atoms with Crippen molar-refractivity contribution in [3.8, 4) is 16.8 Å². The molecule has 1 N–H and O–H groups in total. The summed E-state index contributed by atoms with van der Waals surface area (Å²) in [5, 5.41) is 6.07. The number of carbonyl (C=O) groups excluding carboxylic acids is 1. The normalized spacial score (nSPS) is 11.0. The van der Waals surface area contributed by atoms with Crippen molar-refractivity contribution in [1.29, 1.82) is 0 Å². The summed E-state index contributed by atoms with van der Waals surface area (Å²) in [4.78, 5) is 30.5. The van der Waals surface area contributed by atoms with Crippen molar-refractivity contribution < 1.29 is 4.79 Å². The zero-order valence-corrected chi connectivity index (χ0v) is 18.3. The van der Waals surface area contributed by atoms with Crippen LogP contribution in [0.1, 0.15) is 12.5 Å². The number of nitrogens with one attached hydrogen (secondary N) is 1. The lowest BCUT2D eigenvalue weighted by Crippen LogP contribution is -2.24. The molecule has 0 saturated carbocycles. The van der Waals surface area contributed by atoms with Crippen molar-refractivity contribution in [2.75, 3.05) is 12.3 Å². The molecule has 0 aliphatic carbocycles. The Hall–Kier alpha value is -2.90. The van der Waals surface area contributed by atoms with Gasteiger partial charge in [0.15, 0.2) is 5.16 Å². The number of nitrogens with zero attached hydrogens (tertiary/aromatic N) is 2. The van der Waals surface area contributed by atoms with Crippen LogP contribution < -0.4 is 10.9 Å². The number of aryl methyl sites for hydroxylation is 1. The lowest BCUT2D eigenvalue weighted by Gasteiger charge is -2.14. The Bertz CT molecular complexity index is 1260. The molecule has 7 heteroatoms. The van der Waals surface area contributed by atoms with Crippen LogP contribution in [-0.2, 0) is 4.79 Å². The predicted octanol–water partition coefficient (Wildman–Crippen LogP) is 4.65. The van der Waals surface area contributed by atoms with Crippen LogP contribution in [0.3, 0.4) is 0 Å². The summed E-state index contributed by atoms with van der Waals surface area (Å²) in [5.74, 6) is 0.557. The summed E-state index contributed by atoms with van der Waals surface area (Å²) in [6.45, 7) is 4.00. The Balaban J connectivity index is 1.88. The molecule has 0 bridgehead atoms. The maximum absolute atomic E-state index is 13.7. The van der Waals surface area contributed by atoms with Gasteiger partial charge in [-0.2, -0.15) is 0 Å². The molecule has 0 atom stereocenters. The molecule has 2 aromatic carbocycles. The average molecular weight is 436 g/mol. The van der Waals surface area contributed by atoms with Gasteiger partial charge in [0.25, 0.3) is 5.56 Å². The number of hydrogen-bond acceptors (Lipinski definition) is 5. The third kappa shape index (κ3) is 4.04. The maximum atomic E-state index is 13.7. The summed E-state index contributed by atoms with van der Waals surface area (Å²) in [5.41, 5.74) is 3.66.